The summed E-state index contributed by atoms with van der Waals surface area (Å²) < 4.78 is 67.7. The van der Waals surface area contributed by atoms with Crippen LogP contribution in [0.5, 0.6) is 0 Å². The van der Waals surface area contributed by atoms with Crippen LogP contribution < -0.4 is 4.90 Å². The van der Waals surface area contributed by atoms with Crippen LogP contribution in [0.25, 0.3) is 0 Å². The summed E-state index contributed by atoms with van der Waals surface area (Å²) in [6.45, 7) is 4.81. The Kier molecular flexibility index (Phi) is 4.45. The maximum atomic E-state index is 12.9. The molecule has 124 valence electrons. The summed E-state index contributed by atoms with van der Waals surface area (Å²) in [5.41, 5.74) is -5.75. The van der Waals surface area contributed by atoms with Gasteiger partial charge in [0.1, 0.15) is 0 Å². The van der Waals surface area contributed by atoms with E-state index in [0.717, 1.165) is 6.07 Å². The third-order valence-electron chi connectivity index (χ3n) is 3.89. The van der Waals surface area contributed by atoms with Gasteiger partial charge in [0.15, 0.2) is 0 Å². The second kappa shape index (κ2) is 5.73. The van der Waals surface area contributed by atoms with Gasteiger partial charge in [-0.3, -0.25) is 0 Å². The molecular weight excluding hydrogens is 319 g/mol. The fraction of sp³-hybridized carbons (Fsp3) is 0.571. The molecule has 1 aliphatic rings. The van der Waals surface area contributed by atoms with E-state index in [-0.39, 0.29) is 5.69 Å². The van der Waals surface area contributed by atoms with E-state index in [1.54, 1.807) is 4.90 Å². The molecule has 0 bridgehead atoms. The lowest BCUT2D eigenvalue weighted by Crippen LogP contribution is -2.50. The quantitative estimate of drug-likeness (QED) is 0.851. The number of hydrogen-bond donors (Lipinski definition) is 0. The molecule has 1 aromatic rings. The van der Waals surface area contributed by atoms with Crippen LogP contribution in [0, 0.1) is 0 Å². The van der Waals surface area contributed by atoms with Crippen LogP contribution in [0.15, 0.2) is 29.2 Å². The highest BCUT2D eigenvalue weighted by Gasteiger charge is 2.48. The predicted molar refractivity (Wildman–Crippen MR) is 76.5 cm³/mol. The summed E-state index contributed by atoms with van der Waals surface area (Å²) in [6.07, 6.45) is 0.678. The first-order valence-electron chi connectivity index (χ1n) is 6.90. The van der Waals surface area contributed by atoms with Gasteiger partial charge in [-0.15, -0.1) is 0 Å². The molecule has 1 aliphatic heterocycles. The number of benzene rings is 1. The van der Waals surface area contributed by atoms with Crippen LogP contribution in [0.4, 0.5) is 18.9 Å². The number of halogens is 3. The third kappa shape index (κ3) is 3.08. The normalized spacial score (nSPS) is 23.6. The minimum atomic E-state index is -5.38. The second-order valence-electron chi connectivity index (χ2n) is 5.49. The lowest BCUT2D eigenvalue weighted by Gasteiger charge is -2.41. The number of rotatable bonds is 3. The summed E-state index contributed by atoms with van der Waals surface area (Å²) in [4.78, 5) is 0.939. The van der Waals surface area contributed by atoms with E-state index in [9.17, 15) is 21.6 Å². The van der Waals surface area contributed by atoms with Gasteiger partial charge in [0.2, 0.25) is 0 Å². The molecule has 8 heteroatoms. The Morgan fingerprint density at radius 3 is 2.55 bits per heavy atom. The van der Waals surface area contributed by atoms with Crippen LogP contribution in [-0.2, 0) is 14.6 Å². The van der Waals surface area contributed by atoms with Gasteiger partial charge in [-0.05, 0) is 25.5 Å². The number of anilines is 1. The molecule has 0 amide bonds. The molecule has 0 aromatic heterocycles. The molecule has 0 aliphatic carbocycles. The van der Waals surface area contributed by atoms with E-state index in [1.165, 1.54) is 18.2 Å². The molecule has 1 aromatic carbocycles. The van der Waals surface area contributed by atoms with Crippen molar-refractivity contribution < 1.29 is 26.3 Å². The summed E-state index contributed by atoms with van der Waals surface area (Å²) >= 11 is 0. The number of sulfone groups is 1. The third-order valence-corrected chi connectivity index (χ3v) is 5.42. The van der Waals surface area contributed by atoms with Gasteiger partial charge < -0.3 is 9.64 Å². The molecule has 1 unspecified atom stereocenters. The summed E-state index contributed by atoms with van der Waals surface area (Å²) in [5.74, 6) is 0. The molecule has 2 rings (SSSR count). The van der Waals surface area contributed by atoms with Gasteiger partial charge in [0.05, 0.1) is 22.8 Å². The standard InChI is InChI=1S/C14H18F3NO3S/c1-3-13(2)10-18(8-9-21-13)11-6-4-5-7-12(11)22(19,20)14(15,16)17/h4-7H,3,8-10H2,1-2H3. The number of ether oxygens (including phenoxy) is 1. The van der Waals surface area contributed by atoms with Crippen molar-refractivity contribution in [3.63, 3.8) is 0 Å². The Balaban J connectivity index is 2.46. The lowest BCUT2D eigenvalue weighted by atomic mass is 10.0. The minimum Gasteiger partial charge on any atom is -0.372 e. The zero-order valence-electron chi connectivity index (χ0n) is 12.4. The van der Waals surface area contributed by atoms with Crippen molar-refractivity contribution in [3.05, 3.63) is 24.3 Å². The van der Waals surface area contributed by atoms with Crippen LogP contribution in [0.1, 0.15) is 20.3 Å². The van der Waals surface area contributed by atoms with Crippen molar-refractivity contribution in [3.8, 4) is 0 Å². The first-order valence-corrected chi connectivity index (χ1v) is 8.38. The van der Waals surface area contributed by atoms with E-state index in [0.29, 0.717) is 26.1 Å². The van der Waals surface area contributed by atoms with Crippen molar-refractivity contribution in [2.75, 3.05) is 24.6 Å². The molecule has 1 atom stereocenters. The molecule has 1 saturated heterocycles. The highest BCUT2D eigenvalue weighted by molar-refractivity contribution is 7.92. The van der Waals surface area contributed by atoms with Crippen molar-refractivity contribution in [2.45, 2.75) is 36.3 Å². The summed E-state index contributed by atoms with van der Waals surface area (Å²) in [7, 11) is -5.38. The van der Waals surface area contributed by atoms with Crippen molar-refractivity contribution in [2.24, 2.45) is 0 Å². The molecule has 0 radical (unpaired) electrons. The smallest absolute Gasteiger partial charge is 0.372 e. The number of hydrogen-bond acceptors (Lipinski definition) is 4. The van der Waals surface area contributed by atoms with Gasteiger partial charge >= 0.3 is 5.51 Å². The maximum Gasteiger partial charge on any atom is 0.501 e. The molecule has 0 spiro atoms. The second-order valence-corrected chi connectivity index (χ2v) is 7.40. The Hall–Kier alpha value is -1.28. The van der Waals surface area contributed by atoms with Gasteiger partial charge in [-0.2, -0.15) is 13.2 Å². The van der Waals surface area contributed by atoms with Crippen LogP contribution in [0.3, 0.4) is 0 Å². The summed E-state index contributed by atoms with van der Waals surface area (Å²) in [6, 6.07) is 5.22. The Bertz CT molecular complexity index is 645. The topological polar surface area (TPSA) is 46.6 Å². The first-order chi connectivity index (χ1) is 10.1. The maximum absolute atomic E-state index is 12.9. The molecular formula is C14H18F3NO3S. The molecule has 1 heterocycles. The number of alkyl halides is 3. The molecule has 0 saturated carbocycles. The minimum absolute atomic E-state index is 0.0720. The van der Waals surface area contributed by atoms with E-state index in [1.807, 2.05) is 13.8 Å². The Morgan fingerprint density at radius 1 is 1.32 bits per heavy atom. The Morgan fingerprint density at radius 2 is 1.95 bits per heavy atom. The average molecular weight is 337 g/mol. The fourth-order valence-electron chi connectivity index (χ4n) is 2.42. The van der Waals surface area contributed by atoms with Gasteiger partial charge in [-0.25, -0.2) is 8.42 Å². The highest BCUT2D eigenvalue weighted by atomic mass is 32.2. The van der Waals surface area contributed by atoms with Crippen LogP contribution >= 0.6 is 0 Å². The molecule has 1 fully saturated rings. The number of morpholine rings is 1. The fourth-order valence-corrected chi connectivity index (χ4v) is 3.40. The summed E-state index contributed by atoms with van der Waals surface area (Å²) in [5, 5.41) is 0. The first kappa shape index (κ1) is 17.1. The number of nitrogens with zero attached hydrogens (tertiary/aromatic N) is 1. The largest absolute Gasteiger partial charge is 0.501 e. The van der Waals surface area contributed by atoms with Gasteiger partial charge in [0.25, 0.3) is 9.84 Å². The van der Waals surface area contributed by atoms with Crippen molar-refractivity contribution in [1.29, 1.82) is 0 Å². The SMILES string of the molecule is CCC1(C)CN(c2ccccc2S(=O)(=O)C(F)(F)F)CCO1. The zero-order chi connectivity index (χ0) is 16.6. The van der Waals surface area contributed by atoms with E-state index in [4.69, 9.17) is 4.74 Å². The van der Waals surface area contributed by atoms with Gasteiger partial charge in [0, 0.05) is 13.1 Å². The van der Waals surface area contributed by atoms with E-state index < -0.39 is 25.8 Å². The zero-order valence-corrected chi connectivity index (χ0v) is 13.2. The van der Waals surface area contributed by atoms with Crippen molar-refractivity contribution in [1.82, 2.24) is 0 Å². The average Bonchev–Trinajstić information content (AvgIpc) is 2.46. The van der Waals surface area contributed by atoms with Crippen LogP contribution in [-0.4, -0.2) is 39.2 Å². The van der Waals surface area contributed by atoms with Crippen molar-refractivity contribution >= 4 is 15.5 Å². The Labute approximate surface area is 127 Å². The van der Waals surface area contributed by atoms with E-state index in [2.05, 4.69) is 0 Å². The molecule has 0 N–H and O–H groups in total. The molecule has 4 nitrogen and oxygen atoms in total. The predicted octanol–water partition coefficient (Wildman–Crippen LogP) is 2.99. The highest BCUT2D eigenvalue weighted by Crippen LogP contribution is 2.37. The molecule has 22 heavy (non-hydrogen) atoms. The van der Waals surface area contributed by atoms with Crippen LogP contribution in [0.2, 0.25) is 0 Å². The van der Waals surface area contributed by atoms with E-state index >= 15 is 0 Å². The van der Waals surface area contributed by atoms with Gasteiger partial charge in [-0.1, -0.05) is 19.1 Å². The monoisotopic (exact) mass is 337 g/mol. The number of para-hydroxylation sites is 1. The lowest BCUT2D eigenvalue weighted by molar-refractivity contribution is -0.0448.